The van der Waals surface area contributed by atoms with Gasteiger partial charge in [-0.05, 0) is 18.6 Å². The van der Waals surface area contributed by atoms with Crippen molar-refractivity contribution in [3.8, 4) is 0 Å². The fourth-order valence-corrected chi connectivity index (χ4v) is 4.13. The van der Waals surface area contributed by atoms with Gasteiger partial charge >= 0.3 is 0 Å². The van der Waals surface area contributed by atoms with Gasteiger partial charge in [-0.2, -0.15) is 0 Å². The molecule has 0 spiro atoms. The molecular weight excluding hydrogens is 284 g/mol. The van der Waals surface area contributed by atoms with E-state index >= 15 is 0 Å². The zero-order chi connectivity index (χ0) is 15.6. The van der Waals surface area contributed by atoms with Crippen LogP contribution >= 0.6 is 0 Å². The number of hydrogen-bond donors (Lipinski definition) is 1. The van der Waals surface area contributed by atoms with E-state index in [2.05, 4.69) is 0 Å². The second-order valence-corrected chi connectivity index (χ2v) is 7.53. The lowest BCUT2D eigenvalue weighted by molar-refractivity contribution is 0.572. The second kappa shape index (κ2) is 6.03. The Balaban J connectivity index is 2.69. The zero-order valence-electron chi connectivity index (χ0n) is 12.7. The van der Waals surface area contributed by atoms with Crippen LogP contribution < -0.4 is 10.6 Å². The van der Waals surface area contributed by atoms with Crippen molar-refractivity contribution in [2.75, 3.05) is 19.0 Å². The average Bonchev–Trinajstić information content (AvgIpc) is 2.45. The minimum absolute atomic E-state index is 0.324. The summed E-state index contributed by atoms with van der Waals surface area (Å²) in [7, 11) is 0.376. The third kappa shape index (κ3) is 2.89. The lowest BCUT2D eigenvalue weighted by Gasteiger charge is -2.18. The molecule has 0 aromatic heterocycles. The number of nitrogens with two attached hydrogens (primary N) is 1. The van der Waals surface area contributed by atoms with Crippen molar-refractivity contribution in [3.63, 3.8) is 0 Å². The van der Waals surface area contributed by atoms with E-state index in [0.29, 0.717) is 11.3 Å². The van der Waals surface area contributed by atoms with E-state index in [9.17, 15) is 8.42 Å². The van der Waals surface area contributed by atoms with Gasteiger partial charge in [-0.1, -0.05) is 37.6 Å². The monoisotopic (exact) mass is 306 g/mol. The van der Waals surface area contributed by atoms with E-state index in [-0.39, 0.29) is 0 Å². The Kier molecular flexibility index (Phi) is 4.54. The molecule has 0 heterocycles. The smallest absolute Gasteiger partial charge is 0.194 e. The highest BCUT2D eigenvalue weighted by Gasteiger charge is 2.25. The molecule has 0 aliphatic rings. The van der Waals surface area contributed by atoms with Crippen LogP contribution in [-0.4, -0.2) is 27.9 Å². The quantitative estimate of drug-likeness (QED) is 0.922. The molecule has 5 heteroatoms. The van der Waals surface area contributed by atoms with Gasteiger partial charge < -0.3 is 10.6 Å². The van der Waals surface area contributed by atoms with Gasteiger partial charge in [-0.15, -0.1) is 0 Å². The van der Waals surface area contributed by atoms with Crippen LogP contribution in [0.25, 0.3) is 10.8 Å². The van der Waals surface area contributed by atoms with Crippen LogP contribution in [0.15, 0.2) is 41.3 Å². The fraction of sp³-hybridized carbons (Fsp3) is 0.375. The normalized spacial score (nSPS) is 13.3. The molecule has 4 nitrogen and oxygen atoms in total. The molecule has 0 aliphatic carbocycles. The van der Waals surface area contributed by atoms with Gasteiger partial charge in [-0.3, -0.25) is 0 Å². The molecule has 0 saturated carbocycles. The Morgan fingerprint density at radius 1 is 1.10 bits per heavy atom. The van der Waals surface area contributed by atoms with Crippen molar-refractivity contribution < 1.29 is 8.42 Å². The van der Waals surface area contributed by atoms with Crippen molar-refractivity contribution in [3.05, 3.63) is 36.4 Å². The van der Waals surface area contributed by atoms with Crippen LogP contribution in [0.1, 0.15) is 19.8 Å². The highest BCUT2D eigenvalue weighted by molar-refractivity contribution is 7.92. The summed E-state index contributed by atoms with van der Waals surface area (Å²) in [6, 6.07) is 11.1. The maximum Gasteiger partial charge on any atom is 0.194 e. The predicted molar refractivity (Wildman–Crippen MR) is 88.3 cm³/mol. The zero-order valence-corrected chi connectivity index (χ0v) is 13.5. The van der Waals surface area contributed by atoms with Crippen LogP contribution in [-0.2, 0) is 9.84 Å². The van der Waals surface area contributed by atoms with Crippen molar-refractivity contribution in [2.24, 2.45) is 5.73 Å². The van der Waals surface area contributed by atoms with E-state index in [0.717, 1.165) is 22.9 Å². The van der Waals surface area contributed by atoms with Crippen molar-refractivity contribution >= 4 is 26.3 Å². The molecule has 0 bridgehead atoms. The molecule has 0 fully saturated rings. The summed E-state index contributed by atoms with van der Waals surface area (Å²) in [5.41, 5.74) is 6.88. The largest absolute Gasteiger partial charge is 0.377 e. The lowest BCUT2D eigenvalue weighted by Crippen LogP contribution is -2.30. The maximum absolute atomic E-state index is 12.7. The van der Waals surface area contributed by atoms with Crippen LogP contribution in [0.2, 0.25) is 0 Å². The molecule has 0 radical (unpaired) electrons. The molecule has 1 unspecified atom stereocenters. The highest BCUT2D eigenvalue weighted by atomic mass is 32.2. The molecule has 1 atom stereocenters. The number of hydrogen-bond acceptors (Lipinski definition) is 4. The molecule has 2 rings (SSSR count). The summed E-state index contributed by atoms with van der Waals surface area (Å²) in [4.78, 5) is 2.30. The predicted octanol–water partition coefficient (Wildman–Crippen LogP) is 2.76. The molecule has 0 amide bonds. The van der Waals surface area contributed by atoms with Gasteiger partial charge in [0.25, 0.3) is 0 Å². The van der Waals surface area contributed by atoms with Gasteiger partial charge in [0.05, 0.1) is 4.90 Å². The molecule has 2 aromatic carbocycles. The van der Waals surface area contributed by atoms with Crippen molar-refractivity contribution in [1.82, 2.24) is 0 Å². The Morgan fingerprint density at radius 2 is 1.71 bits per heavy atom. The minimum atomic E-state index is -3.51. The topological polar surface area (TPSA) is 63.4 Å². The Labute approximate surface area is 126 Å². The van der Waals surface area contributed by atoms with E-state index in [4.69, 9.17) is 5.73 Å². The van der Waals surface area contributed by atoms with Gasteiger partial charge in [0, 0.05) is 30.6 Å². The Hall–Kier alpha value is -1.59. The molecule has 0 saturated heterocycles. The number of fused-ring (bicyclic) bond motifs is 1. The Bertz CT molecular complexity index is 739. The molecule has 0 aliphatic heterocycles. The van der Waals surface area contributed by atoms with E-state index < -0.39 is 15.2 Å². The standard InChI is InChI=1S/C16H22N2O2S/c1-4-7-16(17)21(19,20)15-11-6-8-12-13(15)9-5-10-14(12)18(2)3/h5-6,8-11,16H,4,7,17H2,1-3H3. The molecular formula is C16H22N2O2S. The van der Waals surface area contributed by atoms with Crippen molar-refractivity contribution in [1.29, 1.82) is 0 Å². The van der Waals surface area contributed by atoms with Crippen LogP contribution in [0.3, 0.4) is 0 Å². The third-order valence-corrected chi connectivity index (χ3v) is 5.62. The first-order chi connectivity index (χ1) is 9.89. The van der Waals surface area contributed by atoms with Gasteiger partial charge in [0.2, 0.25) is 0 Å². The third-order valence-electron chi connectivity index (χ3n) is 3.62. The molecule has 2 N–H and O–H groups in total. The molecule has 114 valence electrons. The number of sulfone groups is 1. The van der Waals surface area contributed by atoms with Gasteiger partial charge in [-0.25, -0.2) is 8.42 Å². The molecule has 2 aromatic rings. The summed E-state index contributed by atoms with van der Waals surface area (Å²) < 4.78 is 25.4. The Morgan fingerprint density at radius 3 is 2.33 bits per heavy atom. The summed E-state index contributed by atoms with van der Waals surface area (Å²) in [5, 5.41) is 0.804. The van der Waals surface area contributed by atoms with Crippen molar-refractivity contribution in [2.45, 2.75) is 30.0 Å². The van der Waals surface area contributed by atoms with Crippen LogP contribution in [0, 0.1) is 0 Å². The fourth-order valence-electron chi connectivity index (χ4n) is 2.51. The first-order valence-corrected chi connectivity index (χ1v) is 8.62. The van der Waals surface area contributed by atoms with Gasteiger partial charge in [0.1, 0.15) is 5.37 Å². The summed E-state index contributed by atoms with van der Waals surface area (Å²) >= 11 is 0. The number of benzene rings is 2. The first kappa shape index (κ1) is 15.8. The van der Waals surface area contributed by atoms with Crippen LogP contribution in [0.5, 0.6) is 0 Å². The van der Waals surface area contributed by atoms with E-state index in [1.807, 2.05) is 50.2 Å². The highest BCUT2D eigenvalue weighted by Crippen LogP contribution is 2.31. The summed E-state index contributed by atoms with van der Waals surface area (Å²) in [6.45, 7) is 1.93. The van der Waals surface area contributed by atoms with E-state index in [1.54, 1.807) is 12.1 Å². The SMILES string of the molecule is CCCC(N)S(=O)(=O)c1cccc2c(N(C)C)cccc12. The van der Waals surface area contributed by atoms with Crippen LogP contribution in [0.4, 0.5) is 5.69 Å². The average molecular weight is 306 g/mol. The summed E-state index contributed by atoms with van der Waals surface area (Å²) in [6.07, 6.45) is 1.21. The molecule has 21 heavy (non-hydrogen) atoms. The lowest BCUT2D eigenvalue weighted by atomic mass is 10.1. The number of nitrogens with zero attached hydrogens (tertiary/aromatic N) is 1. The summed E-state index contributed by atoms with van der Waals surface area (Å²) in [5.74, 6) is 0. The van der Waals surface area contributed by atoms with Gasteiger partial charge in [0.15, 0.2) is 9.84 Å². The van der Waals surface area contributed by atoms with E-state index in [1.165, 1.54) is 0 Å². The maximum atomic E-state index is 12.7. The minimum Gasteiger partial charge on any atom is -0.377 e. The first-order valence-electron chi connectivity index (χ1n) is 7.08. The number of anilines is 1. The second-order valence-electron chi connectivity index (χ2n) is 5.39. The number of rotatable bonds is 5.